The lowest BCUT2D eigenvalue weighted by Gasteiger charge is -2.22. The fraction of sp³-hybridized carbons (Fsp3) is 0.600. The average Bonchev–Trinajstić information content (AvgIpc) is 2.27. The Balaban J connectivity index is 2.85. The van der Waals surface area contributed by atoms with Crippen LogP contribution in [0.15, 0.2) is 12.1 Å². The molecule has 0 saturated heterocycles. The van der Waals surface area contributed by atoms with Gasteiger partial charge in [0.2, 0.25) is 0 Å². The Morgan fingerprint density at radius 1 is 1.22 bits per heavy atom. The summed E-state index contributed by atoms with van der Waals surface area (Å²) in [7, 11) is 0. The number of ether oxygens (including phenoxy) is 1. The minimum absolute atomic E-state index is 0.0873. The van der Waals surface area contributed by atoms with Gasteiger partial charge < -0.3 is 14.9 Å². The number of aliphatic hydroxyl groups is 1. The first kappa shape index (κ1) is 15.0. The number of hydrogen-bond acceptors (Lipinski definition) is 3. The molecule has 0 aromatic heterocycles. The Morgan fingerprint density at radius 3 is 2.44 bits per heavy atom. The van der Waals surface area contributed by atoms with Crippen LogP contribution in [0.3, 0.4) is 0 Å². The van der Waals surface area contributed by atoms with Gasteiger partial charge in [0.05, 0.1) is 6.61 Å². The minimum atomic E-state index is -0.0873. The van der Waals surface area contributed by atoms with E-state index in [1.165, 1.54) is 0 Å². The molecule has 0 aliphatic heterocycles. The molecular weight excluding hydrogens is 228 g/mol. The predicted molar refractivity (Wildman–Crippen MR) is 72.9 cm³/mol. The number of aromatic hydroxyl groups is 1. The van der Waals surface area contributed by atoms with E-state index in [1.807, 2.05) is 19.1 Å². The number of aryl methyl sites for hydroxylation is 1. The normalized spacial score (nSPS) is 11.8. The highest BCUT2D eigenvalue weighted by Crippen LogP contribution is 2.34. The van der Waals surface area contributed by atoms with Gasteiger partial charge in [0.25, 0.3) is 0 Å². The van der Waals surface area contributed by atoms with E-state index in [0.717, 1.165) is 16.7 Å². The number of phenols is 1. The first-order valence-corrected chi connectivity index (χ1v) is 6.38. The van der Waals surface area contributed by atoms with Crippen molar-refractivity contribution in [2.45, 2.75) is 46.1 Å². The van der Waals surface area contributed by atoms with Crippen LogP contribution >= 0.6 is 0 Å². The molecule has 18 heavy (non-hydrogen) atoms. The first-order valence-electron chi connectivity index (χ1n) is 6.38. The van der Waals surface area contributed by atoms with Gasteiger partial charge in [-0.25, -0.2) is 0 Å². The molecule has 0 fully saturated rings. The van der Waals surface area contributed by atoms with Crippen molar-refractivity contribution in [1.29, 1.82) is 0 Å². The van der Waals surface area contributed by atoms with Gasteiger partial charge in [0.15, 0.2) is 0 Å². The van der Waals surface area contributed by atoms with Crippen LogP contribution in [0, 0.1) is 6.92 Å². The van der Waals surface area contributed by atoms with Crippen molar-refractivity contribution in [2.75, 3.05) is 13.2 Å². The zero-order valence-electron chi connectivity index (χ0n) is 11.8. The van der Waals surface area contributed by atoms with Crippen LogP contribution < -0.4 is 0 Å². The summed E-state index contributed by atoms with van der Waals surface area (Å²) >= 11 is 0. The Bertz CT molecular complexity index is 391. The molecule has 0 amide bonds. The van der Waals surface area contributed by atoms with Crippen molar-refractivity contribution in [2.24, 2.45) is 0 Å². The summed E-state index contributed by atoms with van der Waals surface area (Å²) in [5, 5.41) is 18.8. The monoisotopic (exact) mass is 252 g/mol. The molecule has 3 nitrogen and oxygen atoms in total. The summed E-state index contributed by atoms with van der Waals surface area (Å²) in [6.45, 7) is 9.38. The van der Waals surface area contributed by atoms with Gasteiger partial charge in [-0.3, -0.25) is 0 Å². The van der Waals surface area contributed by atoms with Crippen LogP contribution in [0.25, 0.3) is 0 Å². The third-order valence-electron chi connectivity index (χ3n) is 2.88. The van der Waals surface area contributed by atoms with E-state index >= 15 is 0 Å². The number of aliphatic hydroxyl groups excluding tert-OH is 1. The van der Waals surface area contributed by atoms with Crippen LogP contribution in [-0.2, 0) is 16.8 Å². The molecule has 0 heterocycles. The van der Waals surface area contributed by atoms with Crippen LogP contribution in [0.4, 0.5) is 0 Å². The quantitative estimate of drug-likeness (QED) is 0.792. The number of hydrogen-bond donors (Lipinski definition) is 2. The highest BCUT2D eigenvalue weighted by molar-refractivity contribution is 5.46. The molecule has 0 saturated carbocycles. The molecule has 1 aromatic carbocycles. The van der Waals surface area contributed by atoms with Gasteiger partial charge in [0.1, 0.15) is 5.75 Å². The van der Waals surface area contributed by atoms with E-state index in [2.05, 4.69) is 20.8 Å². The maximum absolute atomic E-state index is 10.1. The molecular formula is C15H24O3. The van der Waals surface area contributed by atoms with Crippen molar-refractivity contribution in [3.8, 4) is 5.75 Å². The maximum Gasteiger partial charge on any atom is 0.122 e. The summed E-state index contributed by atoms with van der Waals surface area (Å²) in [6.07, 6.45) is 0.656. The molecule has 0 radical (unpaired) electrons. The van der Waals surface area contributed by atoms with Crippen LogP contribution in [0.2, 0.25) is 0 Å². The van der Waals surface area contributed by atoms with Gasteiger partial charge in [-0.1, -0.05) is 26.8 Å². The maximum atomic E-state index is 10.1. The second-order valence-corrected chi connectivity index (χ2v) is 5.69. The summed E-state index contributed by atoms with van der Waals surface area (Å²) in [5.41, 5.74) is 2.80. The predicted octanol–water partition coefficient (Wildman–Crippen LogP) is 2.90. The van der Waals surface area contributed by atoms with E-state index < -0.39 is 0 Å². The minimum Gasteiger partial charge on any atom is -0.507 e. The lowest BCUT2D eigenvalue weighted by Crippen LogP contribution is -2.12. The van der Waals surface area contributed by atoms with E-state index in [9.17, 15) is 5.11 Å². The van der Waals surface area contributed by atoms with E-state index in [1.54, 1.807) is 0 Å². The fourth-order valence-electron chi connectivity index (χ4n) is 1.87. The average molecular weight is 252 g/mol. The lowest BCUT2D eigenvalue weighted by atomic mass is 9.84. The van der Waals surface area contributed by atoms with Crippen molar-refractivity contribution in [3.05, 3.63) is 28.8 Å². The second kappa shape index (κ2) is 6.21. The second-order valence-electron chi connectivity index (χ2n) is 5.69. The van der Waals surface area contributed by atoms with Gasteiger partial charge >= 0.3 is 0 Å². The standard InChI is InChI=1S/C15H24O3/c1-11-8-12(10-18-7-5-6-16)9-13(14(11)17)15(2,3)4/h8-9,16-17H,5-7,10H2,1-4H3. The molecule has 0 bridgehead atoms. The molecule has 1 rings (SSSR count). The van der Waals surface area contributed by atoms with Crippen molar-refractivity contribution in [3.63, 3.8) is 0 Å². The molecule has 102 valence electrons. The molecule has 1 aromatic rings. The Kier molecular flexibility index (Phi) is 5.17. The topological polar surface area (TPSA) is 49.7 Å². The largest absolute Gasteiger partial charge is 0.507 e. The number of rotatable bonds is 5. The highest BCUT2D eigenvalue weighted by Gasteiger charge is 2.20. The van der Waals surface area contributed by atoms with Crippen LogP contribution in [0.1, 0.15) is 43.9 Å². The highest BCUT2D eigenvalue weighted by atomic mass is 16.5. The summed E-state index contributed by atoms with van der Waals surface area (Å²) in [5.74, 6) is 0.376. The number of phenolic OH excluding ortho intramolecular Hbond substituents is 1. The third-order valence-corrected chi connectivity index (χ3v) is 2.88. The van der Waals surface area contributed by atoms with Gasteiger partial charge in [-0.15, -0.1) is 0 Å². The van der Waals surface area contributed by atoms with Gasteiger partial charge in [-0.2, -0.15) is 0 Å². The Labute approximate surface area is 109 Å². The van der Waals surface area contributed by atoms with Gasteiger partial charge in [-0.05, 0) is 41.5 Å². The Hall–Kier alpha value is -1.06. The zero-order chi connectivity index (χ0) is 13.8. The van der Waals surface area contributed by atoms with E-state index in [0.29, 0.717) is 25.4 Å². The summed E-state index contributed by atoms with van der Waals surface area (Å²) < 4.78 is 5.48. The Morgan fingerprint density at radius 2 is 1.89 bits per heavy atom. The molecule has 3 heteroatoms. The molecule has 0 spiro atoms. The first-order chi connectivity index (χ1) is 8.36. The fourth-order valence-corrected chi connectivity index (χ4v) is 1.87. The zero-order valence-corrected chi connectivity index (χ0v) is 11.8. The summed E-state index contributed by atoms with van der Waals surface area (Å²) in [4.78, 5) is 0. The molecule has 0 unspecified atom stereocenters. The van der Waals surface area contributed by atoms with E-state index in [4.69, 9.17) is 9.84 Å². The van der Waals surface area contributed by atoms with E-state index in [-0.39, 0.29) is 12.0 Å². The lowest BCUT2D eigenvalue weighted by molar-refractivity contribution is 0.104. The number of benzene rings is 1. The van der Waals surface area contributed by atoms with Crippen LogP contribution in [-0.4, -0.2) is 23.4 Å². The SMILES string of the molecule is Cc1cc(COCCCO)cc(C(C)(C)C)c1O. The smallest absolute Gasteiger partial charge is 0.122 e. The molecule has 0 aliphatic rings. The van der Waals surface area contributed by atoms with Crippen LogP contribution in [0.5, 0.6) is 5.75 Å². The van der Waals surface area contributed by atoms with Crippen molar-refractivity contribution in [1.82, 2.24) is 0 Å². The molecule has 0 aliphatic carbocycles. The van der Waals surface area contributed by atoms with Gasteiger partial charge in [0, 0.05) is 13.2 Å². The van der Waals surface area contributed by atoms with Crippen molar-refractivity contribution >= 4 is 0 Å². The molecule has 0 atom stereocenters. The third kappa shape index (κ3) is 4.00. The molecule has 2 N–H and O–H groups in total. The van der Waals surface area contributed by atoms with Crippen molar-refractivity contribution < 1.29 is 14.9 Å². The summed E-state index contributed by atoms with van der Waals surface area (Å²) in [6, 6.07) is 3.95.